The van der Waals surface area contributed by atoms with Gasteiger partial charge in [-0.05, 0) is 31.2 Å². The Bertz CT molecular complexity index is 652. The van der Waals surface area contributed by atoms with Crippen LogP contribution in [0.4, 0.5) is 0 Å². The highest BCUT2D eigenvalue weighted by Crippen LogP contribution is 2.27. The van der Waals surface area contributed by atoms with Crippen LogP contribution >= 0.6 is 11.3 Å². The second-order valence-electron chi connectivity index (χ2n) is 4.59. The monoisotopic (exact) mass is 272 g/mol. The Morgan fingerprint density at radius 2 is 2.21 bits per heavy atom. The molecule has 1 aromatic carbocycles. The number of thiazole rings is 1. The van der Waals surface area contributed by atoms with Crippen LogP contribution in [0.1, 0.15) is 16.6 Å². The summed E-state index contributed by atoms with van der Waals surface area (Å²) in [5.41, 5.74) is 2.30. The van der Waals surface area contributed by atoms with E-state index >= 15 is 0 Å². The lowest BCUT2D eigenvalue weighted by molar-refractivity contribution is 0.589. The average molecular weight is 272 g/mol. The van der Waals surface area contributed by atoms with Crippen molar-refractivity contribution in [2.24, 2.45) is 7.05 Å². The lowest BCUT2D eigenvalue weighted by atomic mass is 10.1. The summed E-state index contributed by atoms with van der Waals surface area (Å²) >= 11 is 1.76. The molecule has 0 saturated carbocycles. The minimum atomic E-state index is 0.238. The summed E-state index contributed by atoms with van der Waals surface area (Å²) in [5.74, 6) is 0. The Morgan fingerprint density at radius 1 is 1.37 bits per heavy atom. The molecule has 3 rings (SSSR count). The van der Waals surface area contributed by atoms with E-state index in [4.69, 9.17) is 4.98 Å². The van der Waals surface area contributed by atoms with Crippen molar-refractivity contribution in [2.45, 2.75) is 12.5 Å². The van der Waals surface area contributed by atoms with E-state index in [0.29, 0.717) is 0 Å². The van der Waals surface area contributed by atoms with Crippen molar-refractivity contribution in [1.82, 2.24) is 20.1 Å². The molecule has 0 spiro atoms. The van der Waals surface area contributed by atoms with Gasteiger partial charge >= 0.3 is 0 Å². The molecule has 4 nitrogen and oxygen atoms in total. The second kappa shape index (κ2) is 5.11. The molecular formula is C14H16N4S. The van der Waals surface area contributed by atoms with Gasteiger partial charge < -0.3 is 5.32 Å². The quantitative estimate of drug-likeness (QED) is 0.793. The van der Waals surface area contributed by atoms with E-state index in [1.807, 2.05) is 31.0 Å². The van der Waals surface area contributed by atoms with E-state index in [9.17, 15) is 0 Å². The molecule has 0 saturated heterocycles. The topological polar surface area (TPSA) is 42.7 Å². The number of nitrogens with zero attached hydrogens (tertiary/aromatic N) is 3. The van der Waals surface area contributed by atoms with Gasteiger partial charge in [-0.25, -0.2) is 4.98 Å². The molecule has 2 heterocycles. The predicted octanol–water partition coefficient (Wildman–Crippen LogP) is 2.53. The molecule has 3 aromatic rings. The van der Waals surface area contributed by atoms with Gasteiger partial charge in [0.05, 0.1) is 22.5 Å². The van der Waals surface area contributed by atoms with Gasteiger partial charge in [0.1, 0.15) is 5.01 Å². The SMILES string of the molecule is CNC(Cc1cnn(C)c1)c1nc2ccccc2s1. The highest BCUT2D eigenvalue weighted by atomic mass is 32.1. The molecular weight excluding hydrogens is 256 g/mol. The summed E-state index contributed by atoms with van der Waals surface area (Å²) in [4.78, 5) is 4.72. The highest BCUT2D eigenvalue weighted by molar-refractivity contribution is 7.18. The zero-order chi connectivity index (χ0) is 13.2. The number of nitrogens with one attached hydrogen (secondary N) is 1. The predicted molar refractivity (Wildman–Crippen MR) is 78.3 cm³/mol. The Hall–Kier alpha value is -1.72. The maximum atomic E-state index is 4.72. The minimum Gasteiger partial charge on any atom is -0.311 e. The first-order chi connectivity index (χ1) is 9.26. The first kappa shape index (κ1) is 12.3. The van der Waals surface area contributed by atoms with Crippen LogP contribution in [0, 0.1) is 0 Å². The summed E-state index contributed by atoms with van der Waals surface area (Å²) in [6.45, 7) is 0. The lowest BCUT2D eigenvalue weighted by Crippen LogP contribution is -2.18. The van der Waals surface area contributed by atoms with Gasteiger partial charge in [0.15, 0.2) is 0 Å². The van der Waals surface area contributed by atoms with Gasteiger partial charge in [-0.15, -0.1) is 11.3 Å². The lowest BCUT2D eigenvalue weighted by Gasteiger charge is -2.11. The van der Waals surface area contributed by atoms with Crippen molar-refractivity contribution in [3.05, 3.63) is 47.2 Å². The third kappa shape index (κ3) is 2.52. The van der Waals surface area contributed by atoms with Crippen LogP contribution in [0.25, 0.3) is 10.2 Å². The molecule has 19 heavy (non-hydrogen) atoms. The fraction of sp³-hybridized carbons (Fsp3) is 0.286. The van der Waals surface area contributed by atoms with Gasteiger partial charge in [-0.2, -0.15) is 5.10 Å². The fourth-order valence-corrected chi connectivity index (χ4v) is 3.24. The zero-order valence-corrected chi connectivity index (χ0v) is 11.8. The summed E-state index contributed by atoms with van der Waals surface area (Å²) in [6.07, 6.45) is 4.87. The Balaban J connectivity index is 1.88. The molecule has 98 valence electrons. The maximum absolute atomic E-state index is 4.72. The van der Waals surface area contributed by atoms with E-state index in [0.717, 1.165) is 16.9 Å². The second-order valence-corrected chi connectivity index (χ2v) is 5.65. The number of hydrogen-bond donors (Lipinski definition) is 1. The van der Waals surface area contributed by atoms with Crippen molar-refractivity contribution in [1.29, 1.82) is 0 Å². The summed E-state index contributed by atoms with van der Waals surface area (Å²) in [7, 11) is 3.92. The van der Waals surface area contributed by atoms with E-state index in [1.165, 1.54) is 10.3 Å². The number of fused-ring (bicyclic) bond motifs is 1. The van der Waals surface area contributed by atoms with Crippen LogP contribution in [0.15, 0.2) is 36.7 Å². The average Bonchev–Trinajstić information content (AvgIpc) is 3.01. The van der Waals surface area contributed by atoms with E-state index < -0.39 is 0 Å². The summed E-state index contributed by atoms with van der Waals surface area (Å²) < 4.78 is 3.07. The molecule has 2 aromatic heterocycles. The zero-order valence-electron chi connectivity index (χ0n) is 11.0. The van der Waals surface area contributed by atoms with Crippen molar-refractivity contribution in [3.63, 3.8) is 0 Å². The molecule has 0 aliphatic rings. The molecule has 0 aliphatic heterocycles. The molecule has 0 fully saturated rings. The third-order valence-corrected chi connectivity index (χ3v) is 4.31. The molecule has 1 unspecified atom stereocenters. The number of para-hydroxylation sites is 1. The van der Waals surface area contributed by atoms with E-state index in [1.54, 1.807) is 11.3 Å². The summed E-state index contributed by atoms with van der Waals surface area (Å²) in [6, 6.07) is 8.50. The number of benzene rings is 1. The Morgan fingerprint density at radius 3 is 2.89 bits per heavy atom. The molecule has 0 aliphatic carbocycles. The van der Waals surface area contributed by atoms with Crippen molar-refractivity contribution in [3.8, 4) is 0 Å². The van der Waals surface area contributed by atoms with Crippen LogP contribution in [-0.4, -0.2) is 21.8 Å². The fourth-order valence-electron chi connectivity index (χ4n) is 2.16. The van der Waals surface area contributed by atoms with Crippen LogP contribution in [0.3, 0.4) is 0 Å². The number of aromatic nitrogens is 3. The van der Waals surface area contributed by atoms with Gasteiger partial charge in [0.2, 0.25) is 0 Å². The van der Waals surface area contributed by atoms with Gasteiger partial charge in [0, 0.05) is 13.2 Å². The van der Waals surface area contributed by atoms with E-state index in [2.05, 4.69) is 34.8 Å². The van der Waals surface area contributed by atoms with Gasteiger partial charge in [-0.3, -0.25) is 4.68 Å². The van der Waals surface area contributed by atoms with E-state index in [-0.39, 0.29) is 6.04 Å². The number of rotatable bonds is 4. The molecule has 0 amide bonds. The molecule has 1 N–H and O–H groups in total. The van der Waals surface area contributed by atoms with Crippen molar-refractivity contribution >= 4 is 21.6 Å². The highest BCUT2D eigenvalue weighted by Gasteiger charge is 2.15. The van der Waals surface area contributed by atoms with Gasteiger partial charge in [0.25, 0.3) is 0 Å². The molecule has 1 atom stereocenters. The number of likely N-dealkylation sites (N-methyl/N-ethyl adjacent to an activating group) is 1. The third-order valence-electron chi connectivity index (χ3n) is 3.16. The molecule has 0 bridgehead atoms. The Labute approximate surface area is 116 Å². The maximum Gasteiger partial charge on any atom is 0.111 e. The first-order valence-corrected chi connectivity index (χ1v) is 7.08. The minimum absolute atomic E-state index is 0.238. The smallest absolute Gasteiger partial charge is 0.111 e. The van der Waals surface area contributed by atoms with Crippen LogP contribution in [0.5, 0.6) is 0 Å². The van der Waals surface area contributed by atoms with Crippen molar-refractivity contribution in [2.75, 3.05) is 7.05 Å². The standard InChI is InChI=1S/C14H16N4S/c1-15-12(7-10-8-16-18(2)9-10)14-17-11-5-3-4-6-13(11)19-14/h3-6,8-9,12,15H,7H2,1-2H3. The summed E-state index contributed by atoms with van der Waals surface area (Å²) in [5, 5.41) is 8.69. The van der Waals surface area contributed by atoms with Crippen LogP contribution in [-0.2, 0) is 13.5 Å². The van der Waals surface area contributed by atoms with Crippen LogP contribution in [0.2, 0.25) is 0 Å². The van der Waals surface area contributed by atoms with Crippen molar-refractivity contribution < 1.29 is 0 Å². The first-order valence-electron chi connectivity index (χ1n) is 6.26. The molecule has 5 heteroatoms. The molecule has 0 radical (unpaired) electrons. The normalized spacial score (nSPS) is 12.9. The number of aryl methyl sites for hydroxylation is 1. The van der Waals surface area contributed by atoms with Crippen LogP contribution < -0.4 is 5.32 Å². The largest absolute Gasteiger partial charge is 0.311 e. The van der Waals surface area contributed by atoms with Gasteiger partial charge in [-0.1, -0.05) is 12.1 Å². The number of hydrogen-bond acceptors (Lipinski definition) is 4. The Kier molecular flexibility index (Phi) is 3.31.